The predicted octanol–water partition coefficient (Wildman–Crippen LogP) is 0.671. The van der Waals surface area contributed by atoms with Crippen LogP contribution in [0.25, 0.3) is 5.73 Å². The number of nitroso groups, excluding NO2 is 2. The van der Waals surface area contributed by atoms with Crippen molar-refractivity contribution in [3.8, 4) is 0 Å². The average Bonchev–Trinajstić information content (AvgIpc) is 2.20. The van der Waals surface area contributed by atoms with Crippen molar-refractivity contribution in [2.75, 3.05) is 13.7 Å². The summed E-state index contributed by atoms with van der Waals surface area (Å²) < 4.78 is 4.95. The second-order valence-electron chi connectivity index (χ2n) is 3.00. The van der Waals surface area contributed by atoms with Gasteiger partial charge in [0, 0.05) is 7.11 Å². The highest BCUT2D eigenvalue weighted by Gasteiger charge is 2.29. The summed E-state index contributed by atoms with van der Waals surface area (Å²) >= 11 is 0. The molecule has 0 saturated heterocycles. The van der Waals surface area contributed by atoms with E-state index in [9.17, 15) is 9.81 Å². The Hall–Kier alpha value is -0.920. The number of hydrogen-bond acceptors (Lipinski definition) is 6. The van der Waals surface area contributed by atoms with Crippen molar-refractivity contribution in [1.29, 1.82) is 0 Å². The Bertz CT molecular complexity index is 190. The molecule has 3 N–H and O–H groups in total. The SMILES string of the molecule is COC(C(C)N=O)C(N)C(C[NH-])N=O. The van der Waals surface area contributed by atoms with Gasteiger partial charge in [0.15, 0.2) is 0 Å². The van der Waals surface area contributed by atoms with E-state index in [1.165, 1.54) is 14.0 Å². The fourth-order valence-corrected chi connectivity index (χ4v) is 1.20. The topological polar surface area (TPSA) is 118 Å². The highest BCUT2D eigenvalue weighted by atomic mass is 16.5. The van der Waals surface area contributed by atoms with Crippen LogP contribution in [0.1, 0.15) is 6.92 Å². The molecule has 0 amide bonds. The quantitative estimate of drug-likeness (QED) is 0.611. The van der Waals surface area contributed by atoms with Gasteiger partial charge in [-0.1, -0.05) is 10.4 Å². The summed E-state index contributed by atoms with van der Waals surface area (Å²) in [5.41, 5.74) is 12.7. The maximum absolute atomic E-state index is 10.3. The van der Waals surface area contributed by atoms with Crippen LogP contribution in [-0.4, -0.2) is 37.9 Å². The lowest BCUT2D eigenvalue weighted by molar-refractivity contribution is 0.0581. The van der Waals surface area contributed by atoms with E-state index < -0.39 is 24.2 Å². The lowest BCUT2D eigenvalue weighted by Crippen LogP contribution is -2.50. The van der Waals surface area contributed by atoms with Gasteiger partial charge >= 0.3 is 0 Å². The summed E-state index contributed by atoms with van der Waals surface area (Å²) in [5.74, 6) is 0. The highest BCUT2D eigenvalue weighted by molar-refractivity contribution is 4.93. The van der Waals surface area contributed by atoms with Crippen LogP contribution >= 0.6 is 0 Å². The van der Waals surface area contributed by atoms with Gasteiger partial charge < -0.3 is 16.2 Å². The van der Waals surface area contributed by atoms with E-state index in [4.69, 9.17) is 16.2 Å². The number of hydrogen-bond donors (Lipinski definition) is 1. The van der Waals surface area contributed by atoms with E-state index in [1.54, 1.807) is 0 Å². The Balaban J connectivity index is 4.49. The molecule has 0 heterocycles. The molecule has 0 aromatic carbocycles. The van der Waals surface area contributed by atoms with Crippen LogP contribution in [0.4, 0.5) is 0 Å². The minimum Gasteiger partial charge on any atom is -0.676 e. The minimum atomic E-state index is -0.871. The van der Waals surface area contributed by atoms with Gasteiger partial charge in [-0.25, -0.2) is 0 Å². The van der Waals surface area contributed by atoms with Crippen molar-refractivity contribution >= 4 is 0 Å². The van der Waals surface area contributed by atoms with Crippen LogP contribution in [0.15, 0.2) is 10.4 Å². The Labute approximate surface area is 82.1 Å². The molecule has 0 fully saturated rings. The van der Waals surface area contributed by atoms with E-state index in [0.29, 0.717) is 0 Å². The van der Waals surface area contributed by atoms with Crippen molar-refractivity contribution in [3.63, 3.8) is 0 Å². The molecule has 0 aliphatic heterocycles. The van der Waals surface area contributed by atoms with Crippen molar-refractivity contribution in [2.24, 2.45) is 16.1 Å². The second kappa shape index (κ2) is 6.52. The first-order chi connectivity index (χ1) is 6.62. The molecule has 0 aromatic rings. The number of rotatable bonds is 7. The fraction of sp³-hybridized carbons (Fsp3) is 1.00. The van der Waals surface area contributed by atoms with E-state index in [1.807, 2.05) is 0 Å². The summed E-state index contributed by atoms with van der Waals surface area (Å²) in [6.45, 7) is 1.31. The molecule has 0 aromatic heterocycles. The van der Waals surface area contributed by atoms with Crippen LogP contribution in [0.5, 0.6) is 0 Å². The van der Waals surface area contributed by atoms with Crippen LogP contribution in [0, 0.1) is 9.81 Å². The maximum Gasteiger partial charge on any atom is 0.117 e. The Morgan fingerprint density at radius 2 is 2.00 bits per heavy atom. The molecule has 0 saturated carbocycles. The Morgan fingerprint density at radius 3 is 2.29 bits per heavy atom. The van der Waals surface area contributed by atoms with E-state index in [0.717, 1.165) is 0 Å². The monoisotopic (exact) mass is 203 g/mol. The van der Waals surface area contributed by atoms with Gasteiger partial charge in [0.25, 0.3) is 0 Å². The minimum absolute atomic E-state index is 0.226. The van der Waals surface area contributed by atoms with Crippen LogP contribution in [0.2, 0.25) is 0 Å². The molecule has 0 spiro atoms. The zero-order valence-electron chi connectivity index (χ0n) is 8.21. The molecule has 82 valence electrons. The number of methoxy groups -OCH3 is 1. The smallest absolute Gasteiger partial charge is 0.117 e. The summed E-state index contributed by atoms with van der Waals surface area (Å²) in [6.07, 6.45) is -0.680. The third-order valence-corrected chi connectivity index (χ3v) is 2.08. The zero-order chi connectivity index (χ0) is 11.1. The van der Waals surface area contributed by atoms with E-state index in [-0.39, 0.29) is 6.54 Å². The lowest BCUT2D eigenvalue weighted by atomic mass is 9.99. The number of nitrogens with zero attached hydrogens (tertiary/aromatic N) is 2. The second-order valence-corrected chi connectivity index (χ2v) is 3.00. The predicted molar refractivity (Wildman–Crippen MR) is 52.8 cm³/mol. The van der Waals surface area contributed by atoms with Crippen molar-refractivity contribution in [1.82, 2.24) is 0 Å². The van der Waals surface area contributed by atoms with E-state index >= 15 is 0 Å². The molecule has 0 aliphatic carbocycles. The maximum atomic E-state index is 10.3. The van der Waals surface area contributed by atoms with Gasteiger partial charge in [0.05, 0.1) is 18.2 Å². The molecule has 7 nitrogen and oxygen atoms in total. The molecule has 4 unspecified atom stereocenters. The highest BCUT2D eigenvalue weighted by Crippen LogP contribution is 2.11. The van der Waals surface area contributed by atoms with Crippen LogP contribution < -0.4 is 5.73 Å². The molecule has 7 heteroatoms. The Kier molecular flexibility index (Phi) is 6.09. The lowest BCUT2D eigenvalue weighted by Gasteiger charge is -2.28. The van der Waals surface area contributed by atoms with Crippen LogP contribution in [-0.2, 0) is 4.74 Å². The standard InChI is InChI=1S/C7H15N4O3/c1-4(10-12)7(14-2)6(9)5(3-8)11-13/h4-8H,3,9H2,1-2H3/q-1. The number of ether oxygens (including phenoxy) is 1. The van der Waals surface area contributed by atoms with Gasteiger partial charge in [-0.2, -0.15) is 9.81 Å². The van der Waals surface area contributed by atoms with Gasteiger partial charge in [0.2, 0.25) is 0 Å². The zero-order valence-corrected chi connectivity index (χ0v) is 8.21. The van der Waals surface area contributed by atoms with Gasteiger partial charge in [0.1, 0.15) is 6.04 Å². The molecule has 0 radical (unpaired) electrons. The van der Waals surface area contributed by atoms with Gasteiger partial charge in [-0.15, -0.1) is 6.54 Å². The molecule has 4 atom stereocenters. The average molecular weight is 203 g/mol. The molecule has 0 bridgehead atoms. The third-order valence-electron chi connectivity index (χ3n) is 2.08. The van der Waals surface area contributed by atoms with Crippen molar-refractivity contribution < 1.29 is 4.74 Å². The fourth-order valence-electron chi connectivity index (χ4n) is 1.20. The van der Waals surface area contributed by atoms with Gasteiger partial charge in [-0.3, -0.25) is 0 Å². The van der Waals surface area contributed by atoms with Crippen molar-refractivity contribution in [2.45, 2.75) is 31.2 Å². The third kappa shape index (κ3) is 3.09. The normalized spacial score (nSPS) is 19.4. The summed E-state index contributed by atoms with van der Waals surface area (Å²) in [5, 5.41) is 5.48. The first-order valence-corrected chi connectivity index (χ1v) is 4.20. The van der Waals surface area contributed by atoms with Gasteiger partial charge in [-0.05, 0) is 6.92 Å². The first kappa shape index (κ1) is 13.1. The number of nitrogens with two attached hydrogens (primary N) is 1. The largest absolute Gasteiger partial charge is 0.676 e. The van der Waals surface area contributed by atoms with Crippen LogP contribution in [0.3, 0.4) is 0 Å². The first-order valence-electron chi connectivity index (χ1n) is 4.20. The Morgan fingerprint density at radius 1 is 1.43 bits per heavy atom. The molecule has 0 rings (SSSR count). The summed E-state index contributed by atoms with van der Waals surface area (Å²) in [4.78, 5) is 20.6. The summed E-state index contributed by atoms with van der Waals surface area (Å²) in [6, 6.07) is -2.31. The molecular weight excluding hydrogens is 188 g/mol. The molecule has 0 aliphatic rings. The molecule has 14 heavy (non-hydrogen) atoms. The van der Waals surface area contributed by atoms with E-state index in [2.05, 4.69) is 10.4 Å². The molecular formula is C7H15N4O3-. The summed E-state index contributed by atoms with van der Waals surface area (Å²) in [7, 11) is 1.37. The number of nitrogens with one attached hydrogen (secondary N) is 1. The van der Waals surface area contributed by atoms with Crippen molar-refractivity contribution in [3.05, 3.63) is 15.5 Å².